The van der Waals surface area contributed by atoms with E-state index in [2.05, 4.69) is 10.3 Å². The highest BCUT2D eigenvalue weighted by Gasteiger charge is 2.09. The van der Waals surface area contributed by atoms with Crippen LogP contribution in [0.1, 0.15) is 10.4 Å². The topological polar surface area (TPSA) is 74.7 Å². The van der Waals surface area contributed by atoms with Crippen LogP contribution in [0.2, 0.25) is 0 Å². The van der Waals surface area contributed by atoms with Gasteiger partial charge in [-0.05, 0) is 12.1 Å². The van der Waals surface area contributed by atoms with Crippen molar-refractivity contribution in [1.29, 1.82) is 0 Å². The molecule has 0 saturated carbocycles. The molecule has 1 heterocycles. The van der Waals surface area contributed by atoms with Crippen molar-refractivity contribution in [2.24, 2.45) is 0 Å². The maximum Gasteiger partial charge on any atom is 0.252 e. The largest absolute Gasteiger partial charge is 0.389 e. The minimum Gasteiger partial charge on any atom is -0.389 e. The number of aliphatic hydroxyl groups excluding tert-OH is 1. The summed E-state index contributed by atoms with van der Waals surface area (Å²) >= 11 is 0. The Morgan fingerprint density at radius 3 is 2.78 bits per heavy atom. The molecule has 6 heteroatoms. The average Bonchev–Trinajstić information content (AvgIpc) is 2.36. The van der Waals surface area contributed by atoms with Crippen LogP contribution < -0.4 is 10.2 Å². The molecule has 0 aromatic carbocycles. The third-order valence-corrected chi connectivity index (χ3v) is 2.33. The maximum atomic E-state index is 11.7. The molecule has 0 aliphatic heterocycles. The van der Waals surface area contributed by atoms with Gasteiger partial charge in [-0.2, -0.15) is 0 Å². The van der Waals surface area contributed by atoms with Crippen LogP contribution in [0.4, 0.5) is 5.82 Å². The molecule has 1 amide bonds. The summed E-state index contributed by atoms with van der Waals surface area (Å²) in [6.07, 6.45) is 0.806. The minimum absolute atomic E-state index is 0.155. The fourth-order valence-corrected chi connectivity index (χ4v) is 1.35. The Labute approximate surface area is 107 Å². The van der Waals surface area contributed by atoms with E-state index in [1.165, 1.54) is 13.3 Å². The van der Waals surface area contributed by atoms with Gasteiger partial charge < -0.3 is 20.1 Å². The van der Waals surface area contributed by atoms with Gasteiger partial charge in [-0.1, -0.05) is 0 Å². The lowest BCUT2D eigenvalue weighted by Crippen LogP contribution is -2.34. The highest BCUT2D eigenvalue weighted by Crippen LogP contribution is 2.07. The number of hydrogen-bond donors (Lipinski definition) is 2. The first-order chi connectivity index (χ1) is 8.54. The number of methoxy groups -OCH3 is 1. The van der Waals surface area contributed by atoms with E-state index in [-0.39, 0.29) is 19.1 Å². The molecule has 6 nitrogen and oxygen atoms in total. The van der Waals surface area contributed by atoms with Gasteiger partial charge >= 0.3 is 0 Å². The molecule has 1 rings (SSSR count). The molecule has 0 spiro atoms. The van der Waals surface area contributed by atoms with Gasteiger partial charge in [-0.15, -0.1) is 0 Å². The Morgan fingerprint density at radius 1 is 1.56 bits per heavy atom. The second kappa shape index (κ2) is 6.93. The van der Waals surface area contributed by atoms with Crippen LogP contribution in [0.15, 0.2) is 18.3 Å². The smallest absolute Gasteiger partial charge is 0.252 e. The van der Waals surface area contributed by atoms with Crippen molar-refractivity contribution >= 4 is 11.7 Å². The summed E-state index contributed by atoms with van der Waals surface area (Å²) < 4.78 is 4.76. The highest BCUT2D eigenvalue weighted by atomic mass is 16.5. The number of nitrogens with zero attached hydrogens (tertiary/aromatic N) is 2. The zero-order chi connectivity index (χ0) is 13.5. The fraction of sp³-hybridized carbons (Fsp3) is 0.500. The van der Waals surface area contributed by atoms with Crippen LogP contribution in [-0.4, -0.2) is 56.5 Å². The lowest BCUT2D eigenvalue weighted by molar-refractivity contribution is 0.0609. The number of pyridine rings is 1. The van der Waals surface area contributed by atoms with E-state index < -0.39 is 6.10 Å². The second-order valence-electron chi connectivity index (χ2n) is 4.12. The molecule has 0 aliphatic rings. The number of carbonyl (C=O) groups is 1. The molecule has 1 aromatic rings. The molecule has 0 saturated heterocycles. The molecule has 1 aromatic heterocycles. The number of rotatable bonds is 6. The SMILES string of the molecule is COCC(O)CNC(=O)c1ccc(N(C)C)nc1. The van der Waals surface area contributed by atoms with Crippen molar-refractivity contribution < 1.29 is 14.6 Å². The fourth-order valence-electron chi connectivity index (χ4n) is 1.35. The van der Waals surface area contributed by atoms with Gasteiger partial charge in [0.05, 0.1) is 18.3 Å². The molecule has 100 valence electrons. The van der Waals surface area contributed by atoms with Crippen LogP contribution in [0.25, 0.3) is 0 Å². The lowest BCUT2D eigenvalue weighted by Gasteiger charge is -2.12. The van der Waals surface area contributed by atoms with Gasteiger partial charge in [0, 0.05) is 33.9 Å². The molecule has 0 fully saturated rings. The summed E-state index contributed by atoms with van der Waals surface area (Å²) in [7, 11) is 5.25. The predicted molar refractivity (Wildman–Crippen MR) is 68.8 cm³/mol. The third-order valence-electron chi connectivity index (χ3n) is 2.33. The predicted octanol–water partition coefficient (Wildman–Crippen LogP) is -0.115. The zero-order valence-corrected chi connectivity index (χ0v) is 10.9. The van der Waals surface area contributed by atoms with E-state index in [9.17, 15) is 9.90 Å². The van der Waals surface area contributed by atoms with Crippen molar-refractivity contribution in [2.75, 3.05) is 39.3 Å². The molecule has 0 radical (unpaired) electrons. The normalized spacial score (nSPS) is 12.0. The van der Waals surface area contributed by atoms with Gasteiger partial charge in [0.2, 0.25) is 0 Å². The van der Waals surface area contributed by atoms with Gasteiger partial charge in [0.15, 0.2) is 0 Å². The first kappa shape index (κ1) is 14.4. The molecule has 0 aliphatic carbocycles. The van der Waals surface area contributed by atoms with Gasteiger partial charge in [-0.3, -0.25) is 4.79 Å². The zero-order valence-electron chi connectivity index (χ0n) is 10.9. The second-order valence-corrected chi connectivity index (χ2v) is 4.12. The summed E-state index contributed by atoms with van der Waals surface area (Å²) in [5.41, 5.74) is 0.463. The monoisotopic (exact) mass is 253 g/mol. The Hall–Kier alpha value is -1.66. The quantitative estimate of drug-likeness (QED) is 0.739. The summed E-state index contributed by atoms with van der Waals surface area (Å²) in [6, 6.07) is 3.46. The number of ether oxygens (including phenoxy) is 1. The summed E-state index contributed by atoms with van der Waals surface area (Å²) in [4.78, 5) is 17.7. The Kier molecular flexibility index (Phi) is 5.54. The molecule has 2 N–H and O–H groups in total. The third kappa shape index (κ3) is 4.31. The van der Waals surface area contributed by atoms with Crippen LogP contribution in [0.5, 0.6) is 0 Å². The first-order valence-corrected chi connectivity index (χ1v) is 5.63. The van der Waals surface area contributed by atoms with Crippen LogP contribution in [-0.2, 0) is 4.74 Å². The standard InChI is InChI=1S/C12H19N3O3/c1-15(2)11-5-4-9(6-13-11)12(17)14-7-10(16)8-18-3/h4-6,10,16H,7-8H2,1-3H3,(H,14,17). The van der Waals surface area contributed by atoms with Crippen LogP contribution in [0.3, 0.4) is 0 Å². The van der Waals surface area contributed by atoms with E-state index in [1.54, 1.807) is 12.1 Å². The number of aliphatic hydroxyl groups is 1. The van der Waals surface area contributed by atoms with E-state index in [4.69, 9.17) is 4.74 Å². The van der Waals surface area contributed by atoms with Gasteiger partial charge in [-0.25, -0.2) is 4.98 Å². The van der Waals surface area contributed by atoms with Crippen LogP contribution >= 0.6 is 0 Å². The molecule has 1 unspecified atom stereocenters. The van der Waals surface area contributed by atoms with E-state index in [0.717, 1.165) is 5.82 Å². The van der Waals surface area contributed by atoms with Crippen molar-refractivity contribution in [2.45, 2.75) is 6.10 Å². The van der Waals surface area contributed by atoms with Crippen molar-refractivity contribution in [3.63, 3.8) is 0 Å². The molecule has 0 bridgehead atoms. The number of carbonyl (C=O) groups excluding carboxylic acids is 1. The molecular weight excluding hydrogens is 234 g/mol. The number of nitrogens with one attached hydrogen (secondary N) is 1. The minimum atomic E-state index is -0.701. The summed E-state index contributed by atoms with van der Waals surface area (Å²) in [5.74, 6) is 0.522. The van der Waals surface area contributed by atoms with Crippen molar-refractivity contribution in [3.8, 4) is 0 Å². The Morgan fingerprint density at radius 2 is 2.28 bits per heavy atom. The van der Waals surface area contributed by atoms with Crippen molar-refractivity contribution in [3.05, 3.63) is 23.9 Å². The van der Waals surface area contributed by atoms with Gasteiger partial charge in [0.1, 0.15) is 5.82 Å². The van der Waals surface area contributed by atoms with Crippen LogP contribution in [0, 0.1) is 0 Å². The van der Waals surface area contributed by atoms with E-state index >= 15 is 0 Å². The summed E-state index contributed by atoms with van der Waals surface area (Å²) in [6.45, 7) is 0.347. The van der Waals surface area contributed by atoms with Crippen molar-refractivity contribution in [1.82, 2.24) is 10.3 Å². The number of amides is 1. The first-order valence-electron chi connectivity index (χ1n) is 5.63. The Balaban J connectivity index is 2.51. The summed E-state index contributed by atoms with van der Waals surface area (Å²) in [5, 5.41) is 12.0. The average molecular weight is 253 g/mol. The number of anilines is 1. The maximum absolute atomic E-state index is 11.7. The molecule has 18 heavy (non-hydrogen) atoms. The lowest BCUT2D eigenvalue weighted by atomic mass is 10.2. The number of aromatic nitrogens is 1. The molecular formula is C12H19N3O3. The Bertz CT molecular complexity index is 379. The molecule has 1 atom stereocenters. The van der Waals surface area contributed by atoms with Gasteiger partial charge in [0.25, 0.3) is 5.91 Å². The number of hydrogen-bond acceptors (Lipinski definition) is 5. The highest BCUT2D eigenvalue weighted by molar-refractivity contribution is 5.94. The van der Waals surface area contributed by atoms with E-state index in [0.29, 0.717) is 5.56 Å². The van der Waals surface area contributed by atoms with E-state index in [1.807, 2.05) is 19.0 Å².